The van der Waals surface area contributed by atoms with E-state index in [1.54, 1.807) is 6.20 Å². The Hall–Kier alpha value is -2.27. The van der Waals surface area contributed by atoms with Crippen LogP contribution in [0.3, 0.4) is 0 Å². The molecule has 1 aromatic heterocycles. The fourth-order valence-electron chi connectivity index (χ4n) is 2.44. The van der Waals surface area contributed by atoms with Gasteiger partial charge in [0.25, 0.3) is 0 Å². The highest BCUT2D eigenvalue weighted by molar-refractivity contribution is 7.18. The second-order valence-electron chi connectivity index (χ2n) is 5.40. The van der Waals surface area contributed by atoms with Crippen LogP contribution in [0.2, 0.25) is 0 Å². The molecule has 2 nitrogen and oxygen atoms in total. The van der Waals surface area contributed by atoms with Gasteiger partial charge in [0.2, 0.25) is 0 Å². The summed E-state index contributed by atoms with van der Waals surface area (Å²) in [6, 6.07) is 10.1. The molecule has 118 valence electrons. The molecular formula is C18H16F2N2S. The molecule has 0 saturated carbocycles. The van der Waals surface area contributed by atoms with Gasteiger partial charge >= 0.3 is 0 Å². The predicted molar refractivity (Wildman–Crippen MR) is 90.7 cm³/mol. The Morgan fingerprint density at radius 1 is 1.09 bits per heavy atom. The smallest absolute Gasteiger partial charge is 0.183 e. The summed E-state index contributed by atoms with van der Waals surface area (Å²) in [5.41, 5.74) is 3.54. The number of benzene rings is 2. The van der Waals surface area contributed by atoms with Crippen molar-refractivity contribution in [2.75, 3.05) is 5.32 Å². The molecule has 3 rings (SSSR count). The molecule has 0 bridgehead atoms. The van der Waals surface area contributed by atoms with Gasteiger partial charge in [-0.1, -0.05) is 41.2 Å². The average Bonchev–Trinajstić information content (AvgIpc) is 2.95. The summed E-state index contributed by atoms with van der Waals surface area (Å²) in [6.07, 6.45) is 1.78. The van der Waals surface area contributed by atoms with Crippen molar-refractivity contribution in [1.29, 1.82) is 0 Å². The van der Waals surface area contributed by atoms with Crippen molar-refractivity contribution in [3.05, 3.63) is 70.9 Å². The number of aromatic nitrogens is 1. The lowest BCUT2D eigenvalue weighted by Crippen LogP contribution is -2.04. The van der Waals surface area contributed by atoms with Crippen LogP contribution in [0.15, 0.2) is 42.6 Å². The summed E-state index contributed by atoms with van der Waals surface area (Å²) < 4.78 is 27.2. The van der Waals surface area contributed by atoms with Gasteiger partial charge in [-0.25, -0.2) is 13.8 Å². The molecule has 0 fully saturated rings. The zero-order valence-corrected chi connectivity index (χ0v) is 13.7. The molecule has 0 aliphatic rings. The van der Waals surface area contributed by atoms with Crippen LogP contribution in [0.5, 0.6) is 0 Å². The van der Waals surface area contributed by atoms with Gasteiger partial charge in [0.05, 0.1) is 4.88 Å². The van der Waals surface area contributed by atoms with Crippen LogP contribution in [-0.2, 0) is 6.54 Å². The summed E-state index contributed by atoms with van der Waals surface area (Å²) in [7, 11) is 0. The van der Waals surface area contributed by atoms with Crippen LogP contribution >= 0.6 is 11.3 Å². The highest BCUT2D eigenvalue weighted by atomic mass is 32.1. The number of nitrogens with one attached hydrogen (secondary N) is 1. The first kappa shape index (κ1) is 15.6. The minimum absolute atomic E-state index is 0.0239. The van der Waals surface area contributed by atoms with Gasteiger partial charge in [0, 0.05) is 18.3 Å². The molecule has 0 spiro atoms. The van der Waals surface area contributed by atoms with Crippen molar-refractivity contribution in [3.8, 4) is 10.4 Å². The number of hydrogen-bond acceptors (Lipinski definition) is 3. The van der Waals surface area contributed by atoms with E-state index in [0.29, 0.717) is 5.13 Å². The number of anilines is 1. The molecule has 1 N–H and O–H groups in total. The third-order valence-corrected chi connectivity index (χ3v) is 4.62. The maximum atomic E-state index is 13.6. The number of hydrogen-bond donors (Lipinski definition) is 1. The molecule has 0 aliphatic heterocycles. The Kier molecular flexibility index (Phi) is 4.39. The van der Waals surface area contributed by atoms with Gasteiger partial charge in [0.1, 0.15) is 11.6 Å². The van der Waals surface area contributed by atoms with E-state index in [4.69, 9.17) is 0 Å². The average molecular weight is 330 g/mol. The van der Waals surface area contributed by atoms with Gasteiger partial charge in [0.15, 0.2) is 5.13 Å². The third kappa shape index (κ3) is 3.40. The van der Waals surface area contributed by atoms with E-state index in [1.165, 1.54) is 40.7 Å². The highest BCUT2D eigenvalue weighted by Crippen LogP contribution is 2.32. The molecule has 0 unspecified atom stereocenters. The minimum Gasteiger partial charge on any atom is -0.357 e. The number of rotatable bonds is 4. The number of aryl methyl sites for hydroxylation is 2. The van der Waals surface area contributed by atoms with Crippen molar-refractivity contribution in [2.24, 2.45) is 0 Å². The van der Waals surface area contributed by atoms with Crippen LogP contribution < -0.4 is 5.32 Å². The zero-order chi connectivity index (χ0) is 16.4. The topological polar surface area (TPSA) is 24.9 Å². The normalized spacial score (nSPS) is 10.8. The van der Waals surface area contributed by atoms with E-state index in [9.17, 15) is 8.78 Å². The van der Waals surface area contributed by atoms with E-state index in [-0.39, 0.29) is 12.1 Å². The summed E-state index contributed by atoms with van der Waals surface area (Å²) in [5, 5.41) is 3.63. The molecule has 2 aromatic carbocycles. The molecule has 23 heavy (non-hydrogen) atoms. The highest BCUT2D eigenvalue weighted by Gasteiger charge is 2.10. The van der Waals surface area contributed by atoms with E-state index < -0.39 is 11.6 Å². The molecule has 5 heteroatoms. The molecule has 0 amide bonds. The lowest BCUT2D eigenvalue weighted by Gasteiger charge is -2.06. The van der Waals surface area contributed by atoms with Gasteiger partial charge in [-0.05, 0) is 37.1 Å². The first-order valence-electron chi connectivity index (χ1n) is 7.25. The fraction of sp³-hybridized carbons (Fsp3) is 0.167. The number of halogens is 2. The SMILES string of the molecule is Cc1ccc(-c2cnc(NCc3c(F)cccc3F)s2)c(C)c1. The molecule has 0 aliphatic carbocycles. The van der Waals surface area contributed by atoms with Crippen LogP contribution in [-0.4, -0.2) is 4.98 Å². The van der Waals surface area contributed by atoms with Crippen LogP contribution in [0, 0.1) is 25.5 Å². The summed E-state index contributed by atoms with van der Waals surface area (Å²) in [6.45, 7) is 4.18. The van der Waals surface area contributed by atoms with Crippen molar-refractivity contribution in [1.82, 2.24) is 4.98 Å². The largest absolute Gasteiger partial charge is 0.357 e. The van der Waals surface area contributed by atoms with Gasteiger partial charge in [-0.3, -0.25) is 0 Å². The fourth-order valence-corrected chi connectivity index (χ4v) is 3.34. The van der Waals surface area contributed by atoms with Crippen molar-refractivity contribution in [2.45, 2.75) is 20.4 Å². The maximum absolute atomic E-state index is 13.6. The summed E-state index contributed by atoms with van der Waals surface area (Å²) in [5.74, 6) is -1.10. The van der Waals surface area contributed by atoms with E-state index in [0.717, 1.165) is 10.4 Å². The van der Waals surface area contributed by atoms with Crippen LogP contribution in [0.4, 0.5) is 13.9 Å². The van der Waals surface area contributed by atoms with Gasteiger partial charge < -0.3 is 5.32 Å². The van der Waals surface area contributed by atoms with E-state index >= 15 is 0 Å². The first-order chi connectivity index (χ1) is 11.0. The van der Waals surface area contributed by atoms with Crippen molar-refractivity contribution < 1.29 is 8.78 Å². The van der Waals surface area contributed by atoms with Gasteiger partial charge in [-0.2, -0.15) is 0 Å². The molecular weight excluding hydrogens is 314 g/mol. The Morgan fingerprint density at radius 2 is 1.83 bits per heavy atom. The quantitative estimate of drug-likeness (QED) is 0.700. The van der Waals surface area contributed by atoms with Gasteiger partial charge in [-0.15, -0.1) is 0 Å². The Labute approximate surface area is 137 Å². The molecule has 0 radical (unpaired) electrons. The Bertz CT molecular complexity index is 823. The first-order valence-corrected chi connectivity index (χ1v) is 8.06. The lowest BCUT2D eigenvalue weighted by atomic mass is 10.1. The third-order valence-electron chi connectivity index (χ3n) is 3.63. The maximum Gasteiger partial charge on any atom is 0.183 e. The van der Waals surface area contributed by atoms with E-state index in [1.807, 2.05) is 0 Å². The molecule has 0 saturated heterocycles. The lowest BCUT2D eigenvalue weighted by molar-refractivity contribution is 0.560. The molecule has 1 heterocycles. The zero-order valence-electron chi connectivity index (χ0n) is 12.9. The number of thiazole rings is 1. The second kappa shape index (κ2) is 6.46. The molecule has 3 aromatic rings. The summed E-state index contributed by atoms with van der Waals surface area (Å²) >= 11 is 1.47. The minimum atomic E-state index is -0.552. The Morgan fingerprint density at radius 3 is 2.52 bits per heavy atom. The monoisotopic (exact) mass is 330 g/mol. The Balaban J connectivity index is 1.77. The summed E-state index contributed by atoms with van der Waals surface area (Å²) in [4.78, 5) is 5.32. The number of nitrogens with zero attached hydrogens (tertiary/aromatic N) is 1. The van der Waals surface area contributed by atoms with Crippen LogP contribution in [0.1, 0.15) is 16.7 Å². The standard InChI is InChI=1S/C18H16F2N2S/c1-11-6-7-13(12(2)8-11)17-10-22-18(23-17)21-9-14-15(19)4-3-5-16(14)20/h3-8,10H,9H2,1-2H3,(H,21,22). The second-order valence-corrected chi connectivity index (χ2v) is 6.43. The van der Waals surface area contributed by atoms with E-state index in [2.05, 4.69) is 42.3 Å². The van der Waals surface area contributed by atoms with Crippen molar-refractivity contribution in [3.63, 3.8) is 0 Å². The molecule has 0 atom stereocenters. The van der Waals surface area contributed by atoms with Crippen molar-refractivity contribution >= 4 is 16.5 Å². The van der Waals surface area contributed by atoms with Crippen LogP contribution in [0.25, 0.3) is 10.4 Å². The predicted octanol–water partition coefficient (Wildman–Crippen LogP) is 5.32.